The highest BCUT2D eigenvalue weighted by Crippen LogP contribution is 2.40. The molecule has 0 unspecified atom stereocenters. The monoisotopic (exact) mass is 662 g/mol. The van der Waals surface area contributed by atoms with E-state index in [0.29, 0.717) is 40.4 Å². The molecule has 4 aromatic carbocycles. The van der Waals surface area contributed by atoms with Gasteiger partial charge in [-0.1, -0.05) is 48.5 Å². The summed E-state index contributed by atoms with van der Waals surface area (Å²) in [6.45, 7) is 2.25. The Hall–Kier alpha value is -3.73. The van der Waals surface area contributed by atoms with Crippen molar-refractivity contribution in [2.75, 3.05) is 24.7 Å². The third-order valence-corrected chi connectivity index (χ3v) is 8.63. The molecule has 1 heterocycles. The van der Waals surface area contributed by atoms with Gasteiger partial charge in [0.2, 0.25) is 5.91 Å². The second-order valence-electron chi connectivity index (χ2n) is 9.24. The topological polar surface area (TPSA) is 84.9 Å². The Balaban J connectivity index is 1.31. The first-order valence-corrected chi connectivity index (χ1v) is 15.9. The van der Waals surface area contributed by atoms with Crippen molar-refractivity contribution in [3.63, 3.8) is 0 Å². The fraction of sp³-hybridized carbons (Fsp3) is 0.156. The molecule has 0 aromatic heterocycles. The minimum atomic E-state index is -0.525. The zero-order valence-electron chi connectivity index (χ0n) is 22.9. The number of fused-ring (bicyclic) bond motifs is 1. The van der Waals surface area contributed by atoms with Gasteiger partial charge in [-0.05, 0) is 99.2 Å². The van der Waals surface area contributed by atoms with Gasteiger partial charge in [-0.25, -0.2) is 0 Å². The number of nitrogens with zero attached hydrogens (tertiary/aromatic N) is 1. The van der Waals surface area contributed by atoms with Crippen LogP contribution in [0.25, 0.3) is 16.8 Å². The van der Waals surface area contributed by atoms with Gasteiger partial charge in [-0.2, -0.15) is 0 Å². The number of carbonyl (C=O) groups is 3. The van der Waals surface area contributed by atoms with Gasteiger partial charge in [-0.15, -0.1) is 11.8 Å². The van der Waals surface area contributed by atoms with Crippen LogP contribution >= 0.6 is 39.5 Å². The van der Waals surface area contributed by atoms with Crippen molar-refractivity contribution in [3.05, 3.63) is 99.4 Å². The lowest BCUT2D eigenvalue weighted by Gasteiger charge is -2.16. The van der Waals surface area contributed by atoms with Crippen LogP contribution in [0.3, 0.4) is 0 Å². The summed E-state index contributed by atoms with van der Waals surface area (Å²) in [6, 6.07) is 25.2. The van der Waals surface area contributed by atoms with Crippen molar-refractivity contribution in [3.8, 4) is 11.5 Å². The predicted molar refractivity (Wildman–Crippen MR) is 173 cm³/mol. The van der Waals surface area contributed by atoms with Crippen LogP contribution in [-0.2, 0) is 16.2 Å². The molecule has 3 amide bonds. The van der Waals surface area contributed by atoms with E-state index in [1.54, 1.807) is 36.0 Å². The van der Waals surface area contributed by atoms with E-state index in [-0.39, 0.29) is 11.4 Å². The van der Waals surface area contributed by atoms with E-state index in [4.69, 9.17) is 9.47 Å². The minimum absolute atomic E-state index is 0.218. The average molecular weight is 664 g/mol. The molecule has 10 heteroatoms. The van der Waals surface area contributed by atoms with E-state index in [1.807, 2.05) is 55.6 Å². The Morgan fingerprint density at radius 1 is 1.02 bits per heavy atom. The molecular formula is C32H27BrN2O5S2. The third-order valence-electron chi connectivity index (χ3n) is 6.41. The molecule has 0 radical (unpaired) electrons. The van der Waals surface area contributed by atoms with E-state index < -0.39 is 17.1 Å². The van der Waals surface area contributed by atoms with Crippen molar-refractivity contribution in [1.29, 1.82) is 0 Å². The molecule has 214 valence electrons. The van der Waals surface area contributed by atoms with Gasteiger partial charge in [0.15, 0.2) is 11.5 Å². The lowest BCUT2D eigenvalue weighted by Crippen LogP contribution is -2.36. The van der Waals surface area contributed by atoms with Crippen LogP contribution in [0.1, 0.15) is 18.1 Å². The summed E-state index contributed by atoms with van der Waals surface area (Å²) in [5.74, 6) is 0.0657. The molecule has 0 atom stereocenters. The highest BCUT2D eigenvalue weighted by molar-refractivity contribution is 9.10. The van der Waals surface area contributed by atoms with E-state index in [0.717, 1.165) is 37.9 Å². The van der Waals surface area contributed by atoms with Crippen molar-refractivity contribution < 1.29 is 23.9 Å². The second-order valence-corrected chi connectivity index (χ2v) is 12.0. The number of ether oxygens (including phenoxy) is 2. The van der Waals surface area contributed by atoms with Gasteiger partial charge in [0, 0.05) is 10.6 Å². The van der Waals surface area contributed by atoms with Gasteiger partial charge >= 0.3 is 0 Å². The van der Waals surface area contributed by atoms with Crippen LogP contribution in [0.5, 0.6) is 11.5 Å². The summed E-state index contributed by atoms with van der Waals surface area (Å²) in [7, 11) is 0. The largest absolute Gasteiger partial charge is 0.490 e. The van der Waals surface area contributed by atoms with Gasteiger partial charge in [0.05, 0.1) is 16.0 Å². The number of thioether (sulfide) groups is 2. The van der Waals surface area contributed by atoms with E-state index in [9.17, 15) is 14.4 Å². The van der Waals surface area contributed by atoms with Gasteiger partial charge in [0.1, 0.15) is 13.2 Å². The molecule has 0 spiro atoms. The zero-order chi connectivity index (χ0) is 29.6. The fourth-order valence-electron chi connectivity index (χ4n) is 4.48. The highest BCUT2D eigenvalue weighted by atomic mass is 79.9. The van der Waals surface area contributed by atoms with Crippen LogP contribution in [0.15, 0.2) is 93.1 Å². The number of halogens is 1. The number of hydrogen-bond acceptors (Lipinski definition) is 7. The first-order chi connectivity index (χ1) is 20.4. The molecule has 7 nitrogen and oxygen atoms in total. The summed E-state index contributed by atoms with van der Waals surface area (Å²) in [5, 5.41) is 4.50. The maximum atomic E-state index is 13.1. The smallest absolute Gasteiger partial charge is 0.294 e. The lowest BCUT2D eigenvalue weighted by molar-refractivity contribution is -0.127. The number of hydrogen-bond donors (Lipinski definition) is 1. The van der Waals surface area contributed by atoms with Crippen molar-refractivity contribution in [1.82, 2.24) is 4.90 Å². The van der Waals surface area contributed by atoms with Crippen LogP contribution in [0.2, 0.25) is 0 Å². The molecule has 1 saturated heterocycles. The van der Waals surface area contributed by atoms with E-state index >= 15 is 0 Å². The molecule has 42 heavy (non-hydrogen) atoms. The van der Waals surface area contributed by atoms with E-state index in [1.165, 1.54) is 0 Å². The maximum absolute atomic E-state index is 13.1. The molecule has 1 N–H and O–H groups in total. The molecule has 5 rings (SSSR count). The average Bonchev–Trinajstić information content (AvgIpc) is 3.24. The summed E-state index contributed by atoms with van der Waals surface area (Å²) < 4.78 is 12.8. The molecule has 1 fully saturated rings. The number of rotatable bonds is 10. The van der Waals surface area contributed by atoms with Crippen LogP contribution in [0.4, 0.5) is 10.5 Å². The Labute approximate surface area is 260 Å². The Bertz CT molecular complexity index is 1700. The molecule has 1 aliphatic heterocycles. The number of anilines is 1. The molecule has 4 aromatic rings. The molecule has 0 bridgehead atoms. The minimum Gasteiger partial charge on any atom is -0.490 e. The zero-order valence-corrected chi connectivity index (χ0v) is 26.1. The third kappa shape index (κ3) is 6.83. The lowest BCUT2D eigenvalue weighted by atomic mass is 10.1. The fourth-order valence-corrected chi connectivity index (χ4v) is 6.35. The summed E-state index contributed by atoms with van der Waals surface area (Å²) >= 11 is 5.94. The Morgan fingerprint density at radius 3 is 2.62 bits per heavy atom. The predicted octanol–water partition coefficient (Wildman–Crippen LogP) is 7.98. The summed E-state index contributed by atoms with van der Waals surface area (Å²) in [5.41, 5.74) is 2.29. The van der Waals surface area contributed by atoms with Crippen LogP contribution in [0, 0.1) is 0 Å². The Kier molecular flexibility index (Phi) is 9.56. The van der Waals surface area contributed by atoms with Crippen molar-refractivity contribution >= 4 is 79.0 Å². The molecular weight excluding hydrogens is 636 g/mol. The number of benzene rings is 4. The van der Waals surface area contributed by atoms with Gasteiger partial charge in [-0.3, -0.25) is 19.3 Å². The highest BCUT2D eigenvalue weighted by Gasteiger charge is 2.36. The number of nitrogens with one attached hydrogen (secondary N) is 1. The number of amides is 3. The summed E-state index contributed by atoms with van der Waals surface area (Å²) in [4.78, 5) is 40.6. The van der Waals surface area contributed by atoms with E-state index in [2.05, 4.69) is 39.4 Å². The molecule has 1 aliphatic rings. The van der Waals surface area contributed by atoms with Gasteiger partial charge < -0.3 is 14.8 Å². The maximum Gasteiger partial charge on any atom is 0.294 e. The van der Waals surface area contributed by atoms with Gasteiger partial charge in [0.25, 0.3) is 11.1 Å². The second kappa shape index (κ2) is 13.5. The van der Waals surface area contributed by atoms with Crippen molar-refractivity contribution in [2.24, 2.45) is 0 Å². The van der Waals surface area contributed by atoms with Crippen molar-refractivity contribution in [2.45, 2.75) is 18.4 Å². The first kappa shape index (κ1) is 29.8. The Morgan fingerprint density at radius 2 is 1.81 bits per heavy atom. The summed E-state index contributed by atoms with van der Waals surface area (Å²) in [6.07, 6.45) is 3.56. The molecule has 0 aliphatic carbocycles. The normalized spacial score (nSPS) is 14.1. The number of imide groups is 1. The van der Waals surface area contributed by atoms with Crippen LogP contribution in [-0.4, -0.2) is 41.4 Å². The standard InChI is InChI=1S/C32H27BrN2O5S2/c1-3-39-27-15-20(14-26(33)30(27)40-19-22-10-6-9-21-8-4-5-13-25(21)22)16-28-31(37)35(32(38)42-28)18-29(36)34-23-11-7-12-24(17-23)41-2/h4-17H,3,18-19H2,1-2H3,(H,34,36)/b28-16+. The SMILES string of the molecule is CCOc1cc(/C=C2/SC(=O)N(CC(=O)Nc3cccc(SC)c3)C2=O)cc(Br)c1OCc1cccc2ccccc12. The van der Waals surface area contributed by atoms with Crippen LogP contribution < -0.4 is 14.8 Å². The first-order valence-electron chi connectivity index (χ1n) is 13.1. The number of carbonyl (C=O) groups excluding carboxylic acids is 3. The molecule has 0 saturated carbocycles. The quantitative estimate of drug-likeness (QED) is 0.136.